The SMILES string of the molecule is NS(=O)(=O)C(C[C@H]1CC[C@H](c2ncc3cnc4[nH]ccc4n23)C1)CC(F)(F)F. The fourth-order valence-corrected chi connectivity index (χ4v) is 5.24. The second-order valence-corrected chi connectivity index (χ2v) is 9.33. The molecular weight excluding hydrogens is 395 g/mol. The molecule has 3 aromatic rings. The van der Waals surface area contributed by atoms with Gasteiger partial charge in [-0.2, -0.15) is 13.2 Å². The van der Waals surface area contributed by atoms with Gasteiger partial charge in [0.25, 0.3) is 0 Å². The first-order valence-electron chi connectivity index (χ1n) is 8.99. The van der Waals surface area contributed by atoms with E-state index in [4.69, 9.17) is 5.14 Å². The van der Waals surface area contributed by atoms with Gasteiger partial charge < -0.3 is 4.98 Å². The number of sulfonamides is 1. The van der Waals surface area contributed by atoms with Crippen molar-refractivity contribution in [2.24, 2.45) is 11.1 Å². The Bertz CT molecular complexity index is 1110. The smallest absolute Gasteiger partial charge is 0.345 e. The molecule has 0 saturated heterocycles. The first kappa shape index (κ1) is 19.2. The van der Waals surface area contributed by atoms with Crippen LogP contribution in [0.15, 0.2) is 24.7 Å². The van der Waals surface area contributed by atoms with Crippen LogP contribution in [0, 0.1) is 5.92 Å². The molecule has 1 saturated carbocycles. The van der Waals surface area contributed by atoms with Gasteiger partial charge >= 0.3 is 6.18 Å². The number of halogens is 3. The first-order valence-corrected chi connectivity index (χ1v) is 10.6. The van der Waals surface area contributed by atoms with Gasteiger partial charge in [-0.3, -0.25) is 4.40 Å². The molecule has 7 nitrogen and oxygen atoms in total. The molecule has 0 bridgehead atoms. The Kier molecular flexibility index (Phi) is 4.61. The molecule has 0 radical (unpaired) electrons. The third-order valence-electron chi connectivity index (χ3n) is 5.51. The summed E-state index contributed by atoms with van der Waals surface area (Å²) in [4.78, 5) is 11.9. The second kappa shape index (κ2) is 6.73. The molecule has 3 atom stereocenters. The van der Waals surface area contributed by atoms with Gasteiger partial charge in [0.1, 0.15) is 5.82 Å². The summed E-state index contributed by atoms with van der Waals surface area (Å²) < 4.78 is 63.6. The highest BCUT2D eigenvalue weighted by Gasteiger charge is 2.40. The fraction of sp³-hybridized carbons (Fsp3) is 0.529. The molecule has 3 aromatic heterocycles. The van der Waals surface area contributed by atoms with Crippen molar-refractivity contribution in [1.29, 1.82) is 0 Å². The molecule has 28 heavy (non-hydrogen) atoms. The number of H-pyrrole nitrogens is 1. The number of fused-ring (bicyclic) bond motifs is 3. The van der Waals surface area contributed by atoms with Crippen molar-refractivity contribution in [3.05, 3.63) is 30.5 Å². The van der Waals surface area contributed by atoms with Crippen molar-refractivity contribution < 1.29 is 21.6 Å². The normalized spacial score (nSPS) is 22.3. The molecule has 1 aliphatic carbocycles. The van der Waals surface area contributed by atoms with Crippen LogP contribution in [-0.4, -0.2) is 39.2 Å². The zero-order chi connectivity index (χ0) is 20.1. The number of hydrogen-bond donors (Lipinski definition) is 2. The summed E-state index contributed by atoms with van der Waals surface area (Å²) in [6.07, 6.45) is 1.12. The number of nitrogens with two attached hydrogens (primary N) is 1. The lowest BCUT2D eigenvalue weighted by Crippen LogP contribution is -2.34. The number of nitrogens with zero attached hydrogens (tertiary/aromatic N) is 3. The van der Waals surface area contributed by atoms with Gasteiger partial charge in [0.05, 0.1) is 35.1 Å². The number of imidazole rings is 1. The molecule has 0 aromatic carbocycles. The summed E-state index contributed by atoms with van der Waals surface area (Å²) in [5, 5.41) is 3.46. The van der Waals surface area contributed by atoms with E-state index in [1.807, 2.05) is 10.5 Å². The average Bonchev–Trinajstić information content (AvgIpc) is 3.29. The van der Waals surface area contributed by atoms with Crippen LogP contribution in [-0.2, 0) is 10.0 Å². The molecule has 1 aliphatic rings. The minimum atomic E-state index is -4.57. The van der Waals surface area contributed by atoms with E-state index in [2.05, 4.69) is 15.0 Å². The number of aromatic amines is 1. The van der Waals surface area contributed by atoms with Crippen LogP contribution >= 0.6 is 0 Å². The highest BCUT2D eigenvalue weighted by molar-refractivity contribution is 7.89. The highest BCUT2D eigenvalue weighted by Crippen LogP contribution is 2.42. The Morgan fingerprint density at radius 1 is 1.29 bits per heavy atom. The first-order chi connectivity index (χ1) is 13.1. The van der Waals surface area contributed by atoms with Crippen LogP contribution < -0.4 is 5.14 Å². The Hall–Kier alpha value is -2.14. The number of alkyl halides is 3. The van der Waals surface area contributed by atoms with Crippen LogP contribution in [0.2, 0.25) is 0 Å². The summed E-state index contributed by atoms with van der Waals surface area (Å²) >= 11 is 0. The number of rotatable bonds is 5. The van der Waals surface area contributed by atoms with Crippen LogP contribution in [0.1, 0.15) is 43.8 Å². The molecule has 3 N–H and O–H groups in total. The topological polar surface area (TPSA) is 106 Å². The van der Waals surface area contributed by atoms with Crippen molar-refractivity contribution in [3.8, 4) is 0 Å². The molecule has 3 heterocycles. The zero-order valence-corrected chi connectivity index (χ0v) is 15.7. The Morgan fingerprint density at radius 3 is 2.75 bits per heavy atom. The van der Waals surface area contributed by atoms with Gasteiger partial charge in [0.2, 0.25) is 10.0 Å². The van der Waals surface area contributed by atoms with Gasteiger partial charge in [-0.15, -0.1) is 0 Å². The van der Waals surface area contributed by atoms with Crippen molar-refractivity contribution in [2.45, 2.75) is 49.4 Å². The lowest BCUT2D eigenvalue weighted by Gasteiger charge is -2.20. The predicted molar refractivity (Wildman–Crippen MR) is 97.1 cm³/mol. The molecule has 0 amide bonds. The summed E-state index contributed by atoms with van der Waals surface area (Å²) in [5.74, 6) is 0.721. The predicted octanol–water partition coefficient (Wildman–Crippen LogP) is 3.09. The van der Waals surface area contributed by atoms with Crippen LogP contribution in [0.3, 0.4) is 0 Å². The third kappa shape index (κ3) is 3.72. The number of nitrogens with one attached hydrogen (secondary N) is 1. The standard InChI is InChI=1S/C17H20F3N5O2S/c18-17(19,20)7-13(28(21,26)27)6-10-1-2-11(5-10)16-24-9-12-8-23-15-14(25(12)16)3-4-22-15/h3-4,8-11,13,22H,1-2,5-7H2,(H2,21,26,27)/t10-,11-,13?/m0/s1. The second-order valence-electron chi connectivity index (χ2n) is 7.49. The van der Waals surface area contributed by atoms with Gasteiger partial charge in [-0.05, 0) is 37.7 Å². The summed E-state index contributed by atoms with van der Waals surface area (Å²) in [6, 6.07) is 1.90. The van der Waals surface area contributed by atoms with Gasteiger partial charge in [0.15, 0.2) is 5.65 Å². The molecule has 4 rings (SSSR count). The van der Waals surface area contributed by atoms with Crippen LogP contribution in [0.5, 0.6) is 0 Å². The van der Waals surface area contributed by atoms with Gasteiger partial charge in [0, 0.05) is 12.1 Å². The molecular formula is C17H20F3N5O2S. The van der Waals surface area contributed by atoms with Crippen LogP contribution in [0.25, 0.3) is 16.7 Å². The maximum Gasteiger partial charge on any atom is 0.390 e. The quantitative estimate of drug-likeness (QED) is 0.668. The molecule has 1 fully saturated rings. The highest BCUT2D eigenvalue weighted by atomic mass is 32.2. The molecule has 0 aliphatic heterocycles. The average molecular weight is 415 g/mol. The molecule has 1 unspecified atom stereocenters. The van der Waals surface area contributed by atoms with Crippen molar-refractivity contribution in [2.75, 3.05) is 0 Å². The number of hydrogen-bond acceptors (Lipinski definition) is 4. The van der Waals surface area contributed by atoms with E-state index >= 15 is 0 Å². The summed E-state index contributed by atoms with van der Waals surface area (Å²) in [6.45, 7) is 0. The van der Waals surface area contributed by atoms with Gasteiger partial charge in [-0.25, -0.2) is 23.5 Å². The van der Waals surface area contributed by atoms with E-state index in [0.717, 1.165) is 28.9 Å². The molecule has 11 heteroatoms. The number of primary sulfonamides is 1. The Morgan fingerprint density at radius 2 is 2.04 bits per heavy atom. The fourth-order valence-electron chi connectivity index (χ4n) is 4.28. The van der Waals surface area contributed by atoms with Gasteiger partial charge in [-0.1, -0.05) is 0 Å². The van der Waals surface area contributed by atoms with Crippen LogP contribution in [0.4, 0.5) is 13.2 Å². The Labute approximate surface area is 159 Å². The number of aromatic nitrogens is 4. The summed E-state index contributed by atoms with van der Waals surface area (Å²) in [5.41, 5.74) is 2.44. The van der Waals surface area contributed by atoms with Crippen molar-refractivity contribution in [3.63, 3.8) is 0 Å². The van der Waals surface area contributed by atoms with E-state index in [1.54, 1.807) is 18.6 Å². The van der Waals surface area contributed by atoms with E-state index in [-0.39, 0.29) is 18.3 Å². The van der Waals surface area contributed by atoms with Crippen molar-refractivity contribution >= 4 is 26.7 Å². The van der Waals surface area contributed by atoms with E-state index in [1.165, 1.54) is 0 Å². The monoisotopic (exact) mass is 415 g/mol. The van der Waals surface area contributed by atoms with E-state index < -0.39 is 27.9 Å². The zero-order valence-electron chi connectivity index (χ0n) is 14.9. The minimum absolute atomic E-state index is 0.0417. The van der Waals surface area contributed by atoms with E-state index in [9.17, 15) is 21.6 Å². The third-order valence-corrected chi connectivity index (χ3v) is 6.80. The maximum absolute atomic E-state index is 12.8. The molecule has 152 valence electrons. The van der Waals surface area contributed by atoms with E-state index in [0.29, 0.717) is 12.8 Å². The minimum Gasteiger partial charge on any atom is -0.345 e. The summed E-state index contributed by atoms with van der Waals surface area (Å²) in [7, 11) is -4.27. The largest absolute Gasteiger partial charge is 0.390 e. The molecule has 0 spiro atoms. The Balaban J connectivity index is 1.56. The lowest BCUT2D eigenvalue weighted by atomic mass is 9.98. The van der Waals surface area contributed by atoms with Crippen molar-refractivity contribution in [1.82, 2.24) is 19.4 Å². The maximum atomic E-state index is 12.8. The lowest BCUT2D eigenvalue weighted by molar-refractivity contribution is -0.135.